The Kier molecular flexibility index (Phi) is 3.23. The van der Waals surface area contributed by atoms with Crippen LogP contribution in [-0.4, -0.2) is 10.9 Å². The van der Waals surface area contributed by atoms with E-state index in [-0.39, 0.29) is 5.91 Å². The number of carbonyl (C=O) groups excluding carboxylic acids is 1. The molecule has 0 aliphatic carbocycles. The number of benzene rings is 2. The lowest BCUT2D eigenvalue weighted by Crippen LogP contribution is -2.26. The van der Waals surface area contributed by atoms with Gasteiger partial charge in [0.15, 0.2) is 0 Å². The van der Waals surface area contributed by atoms with Crippen LogP contribution in [0.25, 0.3) is 11.5 Å². The van der Waals surface area contributed by atoms with Crippen LogP contribution >= 0.6 is 0 Å². The topological polar surface area (TPSA) is 46.3 Å². The van der Waals surface area contributed by atoms with Crippen LogP contribution in [0.15, 0.2) is 59.0 Å². The molecule has 0 fully saturated rings. The SMILES string of the molecule is Cc1oc(-c2ccccc2)nc1CN1C(=O)Cc2ccccc21. The molecule has 0 saturated carbocycles. The molecule has 1 aliphatic heterocycles. The van der Waals surface area contributed by atoms with Crippen LogP contribution < -0.4 is 4.90 Å². The third-order valence-electron chi connectivity index (χ3n) is 4.15. The first-order valence-electron chi connectivity index (χ1n) is 7.62. The fraction of sp³-hybridized carbons (Fsp3) is 0.158. The molecule has 1 aromatic heterocycles. The van der Waals surface area contributed by atoms with Crippen LogP contribution in [0.5, 0.6) is 0 Å². The number of para-hydroxylation sites is 1. The van der Waals surface area contributed by atoms with E-state index in [9.17, 15) is 4.79 Å². The van der Waals surface area contributed by atoms with Gasteiger partial charge in [-0.15, -0.1) is 0 Å². The summed E-state index contributed by atoms with van der Waals surface area (Å²) in [5.74, 6) is 1.45. The Bertz CT molecular complexity index is 868. The molecule has 0 N–H and O–H groups in total. The molecule has 2 heterocycles. The van der Waals surface area contributed by atoms with Crippen molar-refractivity contribution >= 4 is 11.6 Å². The average molecular weight is 304 g/mol. The summed E-state index contributed by atoms with van der Waals surface area (Å²) in [5, 5.41) is 0. The van der Waals surface area contributed by atoms with Gasteiger partial charge in [0.25, 0.3) is 0 Å². The van der Waals surface area contributed by atoms with Crippen LogP contribution in [0.1, 0.15) is 17.0 Å². The molecule has 0 spiro atoms. The Hall–Kier alpha value is -2.88. The third kappa shape index (κ3) is 2.42. The van der Waals surface area contributed by atoms with Crippen molar-refractivity contribution in [3.05, 3.63) is 71.6 Å². The minimum absolute atomic E-state index is 0.106. The van der Waals surface area contributed by atoms with E-state index in [1.807, 2.05) is 61.5 Å². The van der Waals surface area contributed by atoms with Gasteiger partial charge in [-0.2, -0.15) is 0 Å². The Morgan fingerprint density at radius 1 is 1.09 bits per heavy atom. The number of hydrogen-bond donors (Lipinski definition) is 0. The van der Waals surface area contributed by atoms with Crippen LogP contribution in [0, 0.1) is 6.92 Å². The number of rotatable bonds is 3. The van der Waals surface area contributed by atoms with Gasteiger partial charge < -0.3 is 9.32 Å². The van der Waals surface area contributed by atoms with Gasteiger partial charge in [0.05, 0.1) is 13.0 Å². The number of amides is 1. The highest BCUT2D eigenvalue weighted by Gasteiger charge is 2.28. The summed E-state index contributed by atoms with van der Waals surface area (Å²) in [4.78, 5) is 18.7. The highest BCUT2D eigenvalue weighted by molar-refractivity contribution is 6.01. The molecule has 2 aromatic carbocycles. The first kappa shape index (κ1) is 13.8. The number of nitrogens with zero attached hydrogens (tertiary/aromatic N) is 2. The van der Waals surface area contributed by atoms with Crippen LogP contribution in [-0.2, 0) is 17.8 Å². The zero-order valence-electron chi connectivity index (χ0n) is 12.8. The summed E-state index contributed by atoms with van der Waals surface area (Å²) >= 11 is 0. The summed E-state index contributed by atoms with van der Waals surface area (Å²) in [7, 11) is 0. The monoisotopic (exact) mass is 304 g/mol. The van der Waals surface area contributed by atoms with E-state index in [0.29, 0.717) is 18.9 Å². The van der Waals surface area contributed by atoms with E-state index in [0.717, 1.165) is 28.3 Å². The molecule has 0 saturated heterocycles. The number of oxazole rings is 1. The maximum Gasteiger partial charge on any atom is 0.231 e. The summed E-state index contributed by atoms with van der Waals surface area (Å²) in [5.41, 5.74) is 3.78. The predicted molar refractivity (Wildman–Crippen MR) is 88.0 cm³/mol. The van der Waals surface area contributed by atoms with Gasteiger partial charge in [-0.05, 0) is 30.7 Å². The zero-order valence-corrected chi connectivity index (χ0v) is 12.8. The van der Waals surface area contributed by atoms with Crippen molar-refractivity contribution < 1.29 is 9.21 Å². The van der Waals surface area contributed by atoms with E-state index in [1.54, 1.807) is 4.90 Å². The smallest absolute Gasteiger partial charge is 0.231 e. The molecule has 23 heavy (non-hydrogen) atoms. The molecule has 3 aromatic rings. The van der Waals surface area contributed by atoms with E-state index in [4.69, 9.17) is 4.42 Å². The van der Waals surface area contributed by atoms with Crippen LogP contribution in [0.4, 0.5) is 5.69 Å². The van der Waals surface area contributed by atoms with Gasteiger partial charge in [0, 0.05) is 11.3 Å². The molecule has 4 heteroatoms. The number of carbonyl (C=O) groups is 1. The largest absolute Gasteiger partial charge is 0.441 e. The summed E-state index contributed by atoms with van der Waals surface area (Å²) < 4.78 is 5.79. The normalized spacial score (nSPS) is 13.4. The highest BCUT2D eigenvalue weighted by atomic mass is 16.4. The average Bonchev–Trinajstić information content (AvgIpc) is 3.10. The van der Waals surface area contributed by atoms with Gasteiger partial charge in [-0.25, -0.2) is 4.98 Å². The predicted octanol–water partition coefficient (Wildman–Crippen LogP) is 3.74. The molecular formula is C19H16N2O2. The minimum Gasteiger partial charge on any atom is -0.441 e. The molecule has 0 atom stereocenters. The summed E-state index contributed by atoms with van der Waals surface area (Å²) in [6.45, 7) is 2.33. The Morgan fingerprint density at radius 2 is 1.83 bits per heavy atom. The van der Waals surface area contributed by atoms with Gasteiger partial charge in [0.1, 0.15) is 11.5 Å². The van der Waals surface area contributed by atoms with Gasteiger partial charge >= 0.3 is 0 Å². The Balaban J connectivity index is 1.65. The first-order valence-corrected chi connectivity index (χ1v) is 7.62. The second kappa shape index (κ2) is 5.39. The molecular weight excluding hydrogens is 288 g/mol. The quantitative estimate of drug-likeness (QED) is 0.740. The van der Waals surface area contributed by atoms with E-state index in [1.165, 1.54) is 0 Å². The van der Waals surface area contributed by atoms with E-state index in [2.05, 4.69) is 4.98 Å². The number of aryl methyl sites for hydroxylation is 1. The maximum atomic E-state index is 12.3. The lowest BCUT2D eigenvalue weighted by molar-refractivity contribution is -0.117. The summed E-state index contributed by atoms with van der Waals surface area (Å²) in [6.07, 6.45) is 0.457. The molecule has 4 nitrogen and oxygen atoms in total. The van der Waals surface area contributed by atoms with Crippen molar-refractivity contribution in [2.45, 2.75) is 19.9 Å². The molecule has 0 unspecified atom stereocenters. The zero-order chi connectivity index (χ0) is 15.8. The minimum atomic E-state index is 0.106. The van der Waals surface area contributed by atoms with Crippen molar-refractivity contribution in [2.24, 2.45) is 0 Å². The first-order chi connectivity index (χ1) is 11.2. The standard InChI is InChI=1S/C19H16N2O2/c1-13-16(20-19(23-13)14-7-3-2-4-8-14)12-21-17-10-6-5-9-15(17)11-18(21)22/h2-10H,11-12H2,1H3. The highest BCUT2D eigenvalue weighted by Crippen LogP contribution is 2.31. The lowest BCUT2D eigenvalue weighted by atomic mass is 10.2. The number of aromatic nitrogens is 1. The van der Waals surface area contributed by atoms with Crippen molar-refractivity contribution in [3.63, 3.8) is 0 Å². The molecule has 114 valence electrons. The summed E-state index contributed by atoms with van der Waals surface area (Å²) in [6, 6.07) is 17.7. The maximum absolute atomic E-state index is 12.3. The molecule has 1 aliphatic rings. The van der Waals surface area contributed by atoms with Crippen LogP contribution in [0.2, 0.25) is 0 Å². The number of fused-ring (bicyclic) bond motifs is 1. The molecule has 1 amide bonds. The second-order valence-electron chi connectivity index (χ2n) is 5.67. The second-order valence-corrected chi connectivity index (χ2v) is 5.67. The lowest BCUT2D eigenvalue weighted by Gasteiger charge is -2.16. The molecule has 0 radical (unpaired) electrons. The van der Waals surface area contributed by atoms with Crippen molar-refractivity contribution in [1.82, 2.24) is 4.98 Å². The van der Waals surface area contributed by atoms with Gasteiger partial charge in [-0.3, -0.25) is 4.79 Å². The molecule has 4 rings (SSSR count). The van der Waals surface area contributed by atoms with Crippen LogP contribution in [0.3, 0.4) is 0 Å². The van der Waals surface area contributed by atoms with E-state index < -0.39 is 0 Å². The fourth-order valence-corrected chi connectivity index (χ4v) is 2.92. The fourth-order valence-electron chi connectivity index (χ4n) is 2.92. The Morgan fingerprint density at radius 3 is 2.65 bits per heavy atom. The van der Waals surface area contributed by atoms with Gasteiger partial charge in [0.2, 0.25) is 11.8 Å². The molecule has 0 bridgehead atoms. The van der Waals surface area contributed by atoms with Crippen molar-refractivity contribution in [3.8, 4) is 11.5 Å². The van der Waals surface area contributed by atoms with Crippen molar-refractivity contribution in [1.29, 1.82) is 0 Å². The van der Waals surface area contributed by atoms with E-state index >= 15 is 0 Å². The number of anilines is 1. The number of hydrogen-bond acceptors (Lipinski definition) is 3. The third-order valence-corrected chi connectivity index (χ3v) is 4.15. The van der Waals surface area contributed by atoms with Crippen molar-refractivity contribution in [2.75, 3.05) is 4.90 Å². The van der Waals surface area contributed by atoms with Gasteiger partial charge in [-0.1, -0.05) is 36.4 Å². The Labute approximate surface area is 134 Å².